The Balaban J connectivity index is 1.43. The van der Waals surface area contributed by atoms with Crippen molar-refractivity contribution in [2.24, 2.45) is 0 Å². The average Bonchev–Trinajstić information content (AvgIpc) is 3.01. The van der Waals surface area contributed by atoms with Crippen LogP contribution in [-0.4, -0.2) is 46.4 Å². The lowest BCUT2D eigenvalue weighted by Gasteiger charge is -2.36. The van der Waals surface area contributed by atoms with Crippen LogP contribution in [0.1, 0.15) is 78.5 Å². The SMILES string of the molecule is CC(=O)NCCCCCC(=O)Nc1cccc([C@H]2O[C@@H](CSc3ccccc3C(=O)O)C[C@@H](c3ccc(CO)cc3)O2)c1. The molecule has 1 heterocycles. The first-order valence-electron chi connectivity index (χ1n) is 14.4. The predicted octanol–water partition coefficient (Wildman–Crippen LogP) is 5.85. The molecule has 0 radical (unpaired) electrons. The number of carboxylic acid groups (broad SMARTS) is 1. The summed E-state index contributed by atoms with van der Waals surface area (Å²) in [6, 6.07) is 21.9. The number of anilines is 1. The number of aromatic carboxylic acids is 1. The number of hydrogen-bond donors (Lipinski definition) is 4. The number of carboxylic acids is 1. The molecule has 1 saturated heterocycles. The van der Waals surface area contributed by atoms with Gasteiger partial charge in [0.15, 0.2) is 6.29 Å². The minimum absolute atomic E-state index is 0.0463. The molecule has 1 aliphatic heterocycles. The highest BCUT2D eigenvalue weighted by Crippen LogP contribution is 2.40. The molecule has 0 unspecified atom stereocenters. The molecular formula is C33H38N2O7S. The molecule has 0 bridgehead atoms. The molecule has 1 aliphatic rings. The van der Waals surface area contributed by atoms with E-state index in [0.29, 0.717) is 35.7 Å². The number of hydrogen-bond acceptors (Lipinski definition) is 7. The van der Waals surface area contributed by atoms with Crippen LogP contribution in [0.5, 0.6) is 0 Å². The van der Waals surface area contributed by atoms with E-state index in [2.05, 4.69) is 10.6 Å². The molecule has 3 aromatic carbocycles. The van der Waals surface area contributed by atoms with E-state index in [1.165, 1.54) is 18.7 Å². The minimum atomic E-state index is -0.973. The number of rotatable bonds is 14. The molecule has 2 amide bonds. The summed E-state index contributed by atoms with van der Waals surface area (Å²) in [7, 11) is 0. The number of carbonyl (C=O) groups excluding carboxylic acids is 2. The molecule has 0 aromatic heterocycles. The van der Waals surface area contributed by atoms with Gasteiger partial charge in [0.05, 0.1) is 24.4 Å². The number of ether oxygens (including phenoxy) is 2. The second kappa shape index (κ2) is 16.2. The zero-order valence-corrected chi connectivity index (χ0v) is 25.0. The van der Waals surface area contributed by atoms with Crippen LogP contribution in [0.15, 0.2) is 77.7 Å². The Morgan fingerprint density at radius 3 is 2.47 bits per heavy atom. The third-order valence-electron chi connectivity index (χ3n) is 7.05. The second-order valence-corrected chi connectivity index (χ2v) is 11.5. The van der Waals surface area contributed by atoms with Gasteiger partial charge in [0, 0.05) is 48.2 Å². The van der Waals surface area contributed by atoms with Crippen LogP contribution in [0.4, 0.5) is 5.69 Å². The van der Waals surface area contributed by atoms with Crippen molar-refractivity contribution in [2.75, 3.05) is 17.6 Å². The maximum atomic E-state index is 12.6. The van der Waals surface area contributed by atoms with Gasteiger partial charge < -0.3 is 30.3 Å². The van der Waals surface area contributed by atoms with Crippen molar-refractivity contribution in [3.63, 3.8) is 0 Å². The zero-order valence-electron chi connectivity index (χ0n) is 24.2. The molecule has 43 heavy (non-hydrogen) atoms. The van der Waals surface area contributed by atoms with E-state index < -0.39 is 12.3 Å². The fourth-order valence-electron chi connectivity index (χ4n) is 4.81. The average molecular weight is 607 g/mol. The van der Waals surface area contributed by atoms with Gasteiger partial charge in [-0.15, -0.1) is 11.8 Å². The van der Waals surface area contributed by atoms with E-state index in [4.69, 9.17) is 9.47 Å². The van der Waals surface area contributed by atoms with E-state index >= 15 is 0 Å². The Morgan fingerprint density at radius 1 is 0.930 bits per heavy atom. The zero-order chi connectivity index (χ0) is 30.6. The third kappa shape index (κ3) is 9.93. The van der Waals surface area contributed by atoms with E-state index in [-0.39, 0.29) is 36.2 Å². The number of thioether (sulfide) groups is 1. The molecule has 9 nitrogen and oxygen atoms in total. The van der Waals surface area contributed by atoms with E-state index in [9.17, 15) is 24.6 Å². The van der Waals surface area contributed by atoms with Gasteiger partial charge in [0.2, 0.25) is 11.8 Å². The van der Waals surface area contributed by atoms with Crippen LogP contribution in [0, 0.1) is 0 Å². The Hall–Kier alpha value is -3.70. The van der Waals surface area contributed by atoms with Crippen LogP contribution in [0.25, 0.3) is 0 Å². The number of unbranched alkanes of at least 4 members (excludes halogenated alkanes) is 2. The molecule has 0 saturated carbocycles. The molecule has 10 heteroatoms. The summed E-state index contributed by atoms with van der Waals surface area (Å²) in [6.45, 7) is 2.05. The molecule has 3 aromatic rings. The third-order valence-corrected chi connectivity index (χ3v) is 8.26. The van der Waals surface area contributed by atoms with Crippen molar-refractivity contribution in [3.05, 3.63) is 95.1 Å². The summed E-state index contributed by atoms with van der Waals surface area (Å²) in [5.41, 5.74) is 3.41. The summed E-state index contributed by atoms with van der Waals surface area (Å²) in [5, 5.41) is 24.8. The number of nitrogens with one attached hydrogen (secondary N) is 2. The highest BCUT2D eigenvalue weighted by atomic mass is 32.2. The summed E-state index contributed by atoms with van der Waals surface area (Å²) in [4.78, 5) is 35.9. The van der Waals surface area contributed by atoms with Gasteiger partial charge in [-0.25, -0.2) is 4.79 Å². The molecule has 3 atom stereocenters. The number of aliphatic hydroxyl groups is 1. The van der Waals surface area contributed by atoms with E-state index in [1.807, 2.05) is 54.6 Å². The quantitative estimate of drug-likeness (QED) is 0.133. The van der Waals surface area contributed by atoms with Gasteiger partial charge in [0.1, 0.15) is 0 Å². The summed E-state index contributed by atoms with van der Waals surface area (Å²) >= 11 is 1.44. The number of aliphatic hydroxyl groups excluding tert-OH is 1. The first kappa shape index (κ1) is 32.2. The van der Waals surface area contributed by atoms with Gasteiger partial charge in [-0.1, -0.05) is 55.0 Å². The number of carbonyl (C=O) groups is 3. The highest BCUT2D eigenvalue weighted by molar-refractivity contribution is 7.99. The molecule has 0 aliphatic carbocycles. The fraction of sp³-hybridized carbons (Fsp3) is 0.364. The maximum absolute atomic E-state index is 12.6. The molecule has 1 fully saturated rings. The van der Waals surface area contributed by atoms with Gasteiger partial charge >= 0.3 is 5.97 Å². The van der Waals surface area contributed by atoms with Crippen LogP contribution in [-0.2, 0) is 25.7 Å². The van der Waals surface area contributed by atoms with Crippen LogP contribution >= 0.6 is 11.8 Å². The van der Waals surface area contributed by atoms with Crippen molar-refractivity contribution in [3.8, 4) is 0 Å². The van der Waals surface area contributed by atoms with Crippen molar-refractivity contribution >= 4 is 35.2 Å². The normalized spacial score (nSPS) is 18.1. The lowest BCUT2D eigenvalue weighted by atomic mass is 10.0. The lowest BCUT2D eigenvalue weighted by Crippen LogP contribution is -2.31. The summed E-state index contributed by atoms with van der Waals surface area (Å²) in [5.74, 6) is -0.591. The topological polar surface area (TPSA) is 134 Å². The largest absolute Gasteiger partial charge is 0.478 e. The van der Waals surface area contributed by atoms with Crippen molar-refractivity contribution in [1.82, 2.24) is 5.32 Å². The minimum Gasteiger partial charge on any atom is -0.478 e. The van der Waals surface area contributed by atoms with Crippen molar-refractivity contribution in [1.29, 1.82) is 0 Å². The van der Waals surface area contributed by atoms with Gasteiger partial charge in [-0.3, -0.25) is 9.59 Å². The van der Waals surface area contributed by atoms with Gasteiger partial charge in [-0.2, -0.15) is 0 Å². The van der Waals surface area contributed by atoms with Gasteiger partial charge in [0.25, 0.3) is 0 Å². The van der Waals surface area contributed by atoms with Crippen LogP contribution in [0.2, 0.25) is 0 Å². The number of amides is 2. The first-order valence-corrected chi connectivity index (χ1v) is 15.4. The monoisotopic (exact) mass is 606 g/mol. The molecule has 228 valence electrons. The van der Waals surface area contributed by atoms with Crippen molar-refractivity contribution < 1.29 is 34.1 Å². The second-order valence-electron chi connectivity index (χ2n) is 10.4. The highest BCUT2D eigenvalue weighted by Gasteiger charge is 2.32. The summed E-state index contributed by atoms with van der Waals surface area (Å²) < 4.78 is 12.8. The Kier molecular flexibility index (Phi) is 12.2. The number of benzene rings is 3. The Bertz CT molecular complexity index is 1380. The van der Waals surface area contributed by atoms with E-state index in [0.717, 1.165) is 36.0 Å². The fourth-order valence-corrected chi connectivity index (χ4v) is 5.88. The smallest absolute Gasteiger partial charge is 0.336 e. The molecule has 4 rings (SSSR count). The summed E-state index contributed by atoms with van der Waals surface area (Å²) in [6.07, 6.45) is 2.09. The molecule has 4 N–H and O–H groups in total. The van der Waals surface area contributed by atoms with Crippen LogP contribution < -0.4 is 10.6 Å². The van der Waals surface area contributed by atoms with Crippen molar-refractivity contribution in [2.45, 2.75) is 69.0 Å². The first-order chi connectivity index (χ1) is 20.8. The Labute approximate surface area is 256 Å². The molecular weight excluding hydrogens is 568 g/mol. The van der Waals surface area contributed by atoms with Gasteiger partial charge in [-0.05, 0) is 48.2 Å². The standard InChI is InChI=1S/C33H38N2O7S/c1-22(37)34-17-6-2-3-12-31(38)35-26-9-7-8-25(18-26)33-41-27(21-43-30-11-5-4-10-28(30)32(39)40)19-29(42-33)24-15-13-23(20-36)14-16-24/h4-5,7-11,13-16,18,27,29,33,36H,2-3,6,12,17,19-21H2,1H3,(H,34,37)(H,35,38)(H,39,40)/t27-,29+,33+/m1/s1. The lowest BCUT2D eigenvalue weighted by molar-refractivity contribution is -0.245. The van der Waals surface area contributed by atoms with Crippen LogP contribution in [0.3, 0.4) is 0 Å². The predicted molar refractivity (Wildman–Crippen MR) is 165 cm³/mol. The maximum Gasteiger partial charge on any atom is 0.336 e. The molecule has 0 spiro atoms. The Morgan fingerprint density at radius 2 is 1.72 bits per heavy atom. The van der Waals surface area contributed by atoms with E-state index in [1.54, 1.807) is 18.2 Å².